The lowest BCUT2D eigenvalue weighted by Gasteiger charge is -2.16. The lowest BCUT2D eigenvalue weighted by Crippen LogP contribution is -2.18. The van der Waals surface area contributed by atoms with Gasteiger partial charge >= 0.3 is 6.18 Å². The van der Waals surface area contributed by atoms with E-state index in [-0.39, 0.29) is 18.6 Å². The van der Waals surface area contributed by atoms with Crippen LogP contribution in [0.15, 0.2) is 24.3 Å². The standard InChI is InChI=1S/C16H17F3N4O2/c1-23(2)14-8-13(16(17,18)19)21-15(22-14)20-6-5-10-3-4-11-12(7-10)25-9-24-11/h3-4,7-8H,5-6,9H2,1-2H3,(H,20,21,22). The SMILES string of the molecule is CN(C)c1cc(C(F)(F)F)nc(NCCc2ccc3c(c2)OCO3)n1. The molecular formula is C16H17F3N4O2. The minimum Gasteiger partial charge on any atom is -0.454 e. The predicted molar refractivity (Wildman–Crippen MR) is 86.1 cm³/mol. The van der Waals surface area contributed by atoms with Crippen molar-refractivity contribution >= 4 is 11.8 Å². The lowest BCUT2D eigenvalue weighted by atomic mass is 10.1. The molecule has 0 saturated heterocycles. The van der Waals surface area contributed by atoms with Gasteiger partial charge in [0.15, 0.2) is 17.2 Å². The third kappa shape index (κ3) is 4.04. The summed E-state index contributed by atoms with van der Waals surface area (Å²) < 4.78 is 49.4. The number of rotatable bonds is 5. The van der Waals surface area contributed by atoms with E-state index in [0.717, 1.165) is 11.6 Å². The average Bonchev–Trinajstić information content (AvgIpc) is 3.01. The Hall–Kier alpha value is -2.71. The number of fused-ring (bicyclic) bond motifs is 1. The van der Waals surface area contributed by atoms with Crippen molar-refractivity contribution in [2.24, 2.45) is 0 Å². The number of anilines is 2. The highest BCUT2D eigenvalue weighted by atomic mass is 19.4. The van der Waals surface area contributed by atoms with Crippen LogP contribution in [-0.2, 0) is 12.6 Å². The molecule has 9 heteroatoms. The van der Waals surface area contributed by atoms with Crippen LogP contribution in [0, 0.1) is 0 Å². The second-order valence-corrected chi connectivity index (χ2v) is 5.69. The highest BCUT2D eigenvalue weighted by Gasteiger charge is 2.34. The monoisotopic (exact) mass is 354 g/mol. The molecule has 0 radical (unpaired) electrons. The predicted octanol–water partition coefficient (Wildman–Crippen LogP) is 2.94. The number of aromatic nitrogens is 2. The van der Waals surface area contributed by atoms with Gasteiger partial charge in [-0.15, -0.1) is 0 Å². The van der Waals surface area contributed by atoms with Crippen LogP contribution in [0.1, 0.15) is 11.3 Å². The Labute approximate surface area is 142 Å². The van der Waals surface area contributed by atoms with E-state index in [0.29, 0.717) is 24.5 Å². The van der Waals surface area contributed by atoms with Crippen LogP contribution in [0.4, 0.5) is 24.9 Å². The van der Waals surface area contributed by atoms with Crippen molar-refractivity contribution in [3.63, 3.8) is 0 Å². The molecule has 0 fully saturated rings. The first-order valence-corrected chi connectivity index (χ1v) is 7.59. The first-order chi connectivity index (χ1) is 11.8. The number of ether oxygens (including phenoxy) is 2. The maximum absolute atomic E-state index is 13.0. The number of nitrogens with one attached hydrogen (secondary N) is 1. The van der Waals surface area contributed by atoms with Gasteiger partial charge in [0.25, 0.3) is 0 Å². The van der Waals surface area contributed by atoms with Crippen molar-refractivity contribution < 1.29 is 22.6 Å². The Kier molecular flexibility index (Phi) is 4.56. The van der Waals surface area contributed by atoms with Crippen LogP contribution in [0.5, 0.6) is 11.5 Å². The molecule has 2 heterocycles. The Bertz CT molecular complexity index is 766. The smallest absolute Gasteiger partial charge is 0.433 e. The number of hydrogen-bond acceptors (Lipinski definition) is 6. The fourth-order valence-corrected chi connectivity index (χ4v) is 2.30. The van der Waals surface area contributed by atoms with E-state index < -0.39 is 11.9 Å². The van der Waals surface area contributed by atoms with E-state index in [1.54, 1.807) is 14.1 Å². The van der Waals surface area contributed by atoms with Crippen molar-refractivity contribution in [3.05, 3.63) is 35.5 Å². The molecule has 25 heavy (non-hydrogen) atoms. The molecule has 1 aromatic heterocycles. The zero-order valence-electron chi connectivity index (χ0n) is 13.7. The highest BCUT2D eigenvalue weighted by molar-refractivity contribution is 5.46. The summed E-state index contributed by atoms with van der Waals surface area (Å²) >= 11 is 0. The Morgan fingerprint density at radius 1 is 1.12 bits per heavy atom. The van der Waals surface area contributed by atoms with E-state index in [1.165, 1.54) is 4.90 Å². The summed E-state index contributed by atoms with van der Waals surface area (Å²) in [7, 11) is 3.25. The van der Waals surface area contributed by atoms with Crippen LogP contribution in [-0.4, -0.2) is 37.4 Å². The van der Waals surface area contributed by atoms with Gasteiger partial charge in [0.1, 0.15) is 5.82 Å². The summed E-state index contributed by atoms with van der Waals surface area (Å²) in [5, 5.41) is 2.85. The molecule has 0 unspecified atom stereocenters. The van der Waals surface area contributed by atoms with E-state index in [2.05, 4.69) is 15.3 Å². The van der Waals surface area contributed by atoms with Crippen molar-refractivity contribution in [1.82, 2.24) is 9.97 Å². The van der Waals surface area contributed by atoms with Crippen molar-refractivity contribution in [3.8, 4) is 11.5 Å². The molecule has 1 aliphatic heterocycles. The van der Waals surface area contributed by atoms with Gasteiger partial charge in [0.05, 0.1) is 0 Å². The van der Waals surface area contributed by atoms with Gasteiger partial charge in [-0.25, -0.2) is 4.98 Å². The molecule has 6 nitrogen and oxygen atoms in total. The third-order valence-corrected chi connectivity index (χ3v) is 3.60. The summed E-state index contributed by atoms with van der Waals surface area (Å²) in [5.74, 6) is 1.49. The van der Waals surface area contributed by atoms with Gasteiger partial charge in [-0.1, -0.05) is 6.07 Å². The average molecular weight is 354 g/mol. The van der Waals surface area contributed by atoms with Crippen molar-refractivity contribution in [1.29, 1.82) is 0 Å². The van der Waals surface area contributed by atoms with E-state index in [4.69, 9.17) is 9.47 Å². The molecule has 1 aliphatic rings. The third-order valence-electron chi connectivity index (χ3n) is 3.60. The van der Waals surface area contributed by atoms with Crippen molar-refractivity contribution in [2.75, 3.05) is 37.6 Å². The minimum absolute atomic E-state index is 0.0562. The van der Waals surface area contributed by atoms with Gasteiger partial charge < -0.3 is 19.7 Å². The molecule has 0 saturated carbocycles. The first-order valence-electron chi connectivity index (χ1n) is 7.59. The van der Waals surface area contributed by atoms with Gasteiger partial charge in [-0.3, -0.25) is 0 Å². The maximum atomic E-state index is 13.0. The summed E-state index contributed by atoms with van der Waals surface area (Å²) in [6, 6.07) is 6.46. The van der Waals surface area contributed by atoms with Crippen LogP contribution in [0.2, 0.25) is 0 Å². The second kappa shape index (κ2) is 6.66. The molecule has 0 atom stereocenters. The van der Waals surface area contributed by atoms with Gasteiger partial charge in [-0.2, -0.15) is 18.2 Å². The largest absolute Gasteiger partial charge is 0.454 e. The van der Waals surface area contributed by atoms with E-state index in [1.807, 2.05) is 18.2 Å². The number of hydrogen-bond donors (Lipinski definition) is 1. The number of halogens is 3. The van der Waals surface area contributed by atoms with E-state index >= 15 is 0 Å². The fraction of sp³-hybridized carbons (Fsp3) is 0.375. The number of nitrogens with zero attached hydrogens (tertiary/aromatic N) is 3. The fourth-order valence-electron chi connectivity index (χ4n) is 2.30. The van der Waals surface area contributed by atoms with Crippen LogP contribution < -0.4 is 19.7 Å². The molecule has 0 aliphatic carbocycles. The summed E-state index contributed by atoms with van der Waals surface area (Å²) in [6.07, 6.45) is -3.95. The van der Waals surface area contributed by atoms with Gasteiger partial charge in [0, 0.05) is 26.7 Å². The lowest BCUT2D eigenvalue weighted by molar-refractivity contribution is -0.141. The normalized spacial score (nSPS) is 13.0. The molecular weight excluding hydrogens is 337 g/mol. The van der Waals surface area contributed by atoms with Crippen LogP contribution in [0.25, 0.3) is 0 Å². The number of benzene rings is 1. The summed E-state index contributed by atoms with van der Waals surface area (Å²) in [6.45, 7) is 0.580. The first kappa shape index (κ1) is 17.1. The summed E-state index contributed by atoms with van der Waals surface area (Å²) in [5.41, 5.74) is -0.00617. The van der Waals surface area contributed by atoms with Crippen LogP contribution in [0.3, 0.4) is 0 Å². The van der Waals surface area contributed by atoms with Crippen LogP contribution >= 0.6 is 0 Å². The maximum Gasteiger partial charge on any atom is 0.433 e. The second-order valence-electron chi connectivity index (χ2n) is 5.69. The zero-order valence-corrected chi connectivity index (χ0v) is 13.7. The Morgan fingerprint density at radius 3 is 2.60 bits per heavy atom. The number of alkyl halides is 3. The Morgan fingerprint density at radius 2 is 1.88 bits per heavy atom. The zero-order chi connectivity index (χ0) is 18.0. The quantitative estimate of drug-likeness (QED) is 0.891. The minimum atomic E-state index is -4.53. The van der Waals surface area contributed by atoms with Crippen molar-refractivity contribution in [2.45, 2.75) is 12.6 Å². The molecule has 1 N–H and O–H groups in total. The topological polar surface area (TPSA) is 59.5 Å². The molecule has 0 amide bonds. The summed E-state index contributed by atoms with van der Waals surface area (Å²) in [4.78, 5) is 9.15. The van der Waals surface area contributed by atoms with Gasteiger partial charge in [0.2, 0.25) is 12.7 Å². The molecule has 2 aromatic rings. The van der Waals surface area contributed by atoms with E-state index in [9.17, 15) is 13.2 Å². The molecule has 134 valence electrons. The molecule has 1 aromatic carbocycles. The van der Waals surface area contributed by atoms with Gasteiger partial charge in [-0.05, 0) is 24.1 Å². The highest BCUT2D eigenvalue weighted by Crippen LogP contribution is 2.33. The Balaban J connectivity index is 1.69. The molecule has 3 rings (SSSR count). The molecule has 0 bridgehead atoms. The molecule has 0 spiro atoms.